The molecule has 0 spiro atoms. The second-order valence-electron chi connectivity index (χ2n) is 7.53. The van der Waals surface area contributed by atoms with Crippen LogP contribution >= 0.6 is 0 Å². The summed E-state index contributed by atoms with van der Waals surface area (Å²) in [6.07, 6.45) is 3.00. The van der Waals surface area contributed by atoms with Crippen molar-refractivity contribution in [3.05, 3.63) is 29.8 Å². The fourth-order valence-corrected chi connectivity index (χ4v) is 2.84. The molecule has 1 aliphatic carbocycles. The quantitative estimate of drug-likeness (QED) is 0.725. The Balaban J connectivity index is 1.63. The molecule has 0 aromatic heterocycles. The van der Waals surface area contributed by atoms with E-state index in [1.165, 1.54) is 5.56 Å². The molecule has 0 heterocycles. The highest BCUT2D eigenvalue weighted by Gasteiger charge is 2.20. The van der Waals surface area contributed by atoms with E-state index in [0.717, 1.165) is 31.4 Å². The van der Waals surface area contributed by atoms with Crippen molar-refractivity contribution in [2.45, 2.75) is 64.0 Å². The molecular weight excluding hydrogens is 304 g/mol. The smallest absolute Gasteiger partial charge is 0.315 e. The van der Waals surface area contributed by atoms with Gasteiger partial charge in [0.2, 0.25) is 0 Å². The number of hydrogen-bond acceptors (Lipinski definition) is 3. The lowest BCUT2D eigenvalue weighted by Crippen LogP contribution is -2.45. The minimum Gasteiger partial charge on any atom is -0.492 e. The lowest BCUT2D eigenvalue weighted by Gasteiger charge is -2.26. The molecule has 5 nitrogen and oxygen atoms in total. The first-order valence-electron chi connectivity index (χ1n) is 8.80. The van der Waals surface area contributed by atoms with Gasteiger partial charge in [0.25, 0.3) is 0 Å². The van der Waals surface area contributed by atoms with Crippen molar-refractivity contribution in [2.24, 2.45) is 0 Å². The summed E-state index contributed by atoms with van der Waals surface area (Å²) in [5, 5.41) is 15.2. The maximum atomic E-state index is 11.8. The van der Waals surface area contributed by atoms with E-state index in [-0.39, 0.29) is 23.6 Å². The summed E-state index contributed by atoms with van der Waals surface area (Å²) >= 11 is 0. The van der Waals surface area contributed by atoms with E-state index in [9.17, 15) is 9.90 Å². The van der Waals surface area contributed by atoms with Crippen LogP contribution in [0.1, 0.15) is 52.0 Å². The molecule has 0 saturated heterocycles. The average Bonchev–Trinajstić information content (AvgIpc) is 2.53. The van der Waals surface area contributed by atoms with Gasteiger partial charge in [-0.05, 0) is 48.8 Å². The zero-order chi connectivity index (χ0) is 17.6. The van der Waals surface area contributed by atoms with Crippen LogP contribution < -0.4 is 15.4 Å². The summed E-state index contributed by atoms with van der Waals surface area (Å²) in [7, 11) is 0. The van der Waals surface area contributed by atoms with E-state index in [4.69, 9.17) is 4.74 Å². The topological polar surface area (TPSA) is 70.6 Å². The van der Waals surface area contributed by atoms with Crippen LogP contribution in [-0.2, 0) is 5.41 Å². The summed E-state index contributed by atoms with van der Waals surface area (Å²) < 4.78 is 5.65. The van der Waals surface area contributed by atoms with E-state index < -0.39 is 0 Å². The molecule has 1 aliphatic rings. The molecule has 0 bridgehead atoms. The number of carbonyl (C=O) groups excluding carboxylic acids is 1. The molecule has 5 heteroatoms. The van der Waals surface area contributed by atoms with Gasteiger partial charge in [-0.3, -0.25) is 0 Å². The number of urea groups is 1. The fourth-order valence-electron chi connectivity index (χ4n) is 2.84. The molecule has 3 N–H and O–H groups in total. The number of hydrogen-bond donors (Lipinski definition) is 3. The van der Waals surface area contributed by atoms with E-state index >= 15 is 0 Å². The van der Waals surface area contributed by atoms with Crippen molar-refractivity contribution < 1.29 is 14.6 Å². The molecule has 1 aromatic rings. The second-order valence-corrected chi connectivity index (χ2v) is 7.53. The summed E-state index contributed by atoms with van der Waals surface area (Å²) in [5.74, 6) is 0.812. The molecule has 1 fully saturated rings. The largest absolute Gasteiger partial charge is 0.492 e. The normalized spacial score (nSPS) is 21.2. The van der Waals surface area contributed by atoms with Gasteiger partial charge in [-0.15, -0.1) is 0 Å². The molecular formula is C19H30N2O3. The fraction of sp³-hybridized carbons (Fsp3) is 0.632. The first-order chi connectivity index (χ1) is 11.3. The van der Waals surface area contributed by atoms with Gasteiger partial charge in [0.15, 0.2) is 0 Å². The van der Waals surface area contributed by atoms with E-state index in [2.05, 4.69) is 43.5 Å². The van der Waals surface area contributed by atoms with Gasteiger partial charge in [0.05, 0.1) is 12.6 Å². The number of ether oxygens (including phenoxy) is 1. The zero-order valence-corrected chi connectivity index (χ0v) is 15.0. The van der Waals surface area contributed by atoms with Crippen LogP contribution in [-0.4, -0.2) is 36.4 Å². The Morgan fingerprint density at radius 3 is 2.38 bits per heavy atom. The third-order valence-corrected chi connectivity index (χ3v) is 4.41. The number of rotatable bonds is 5. The first-order valence-corrected chi connectivity index (χ1v) is 8.80. The minimum atomic E-state index is -0.204. The Kier molecular flexibility index (Phi) is 6.49. The standard InChI is InChI=1S/C19H30N2O3/c1-19(2,3)14-4-10-17(11-5-14)24-13-12-20-18(23)21-15-6-8-16(22)9-7-15/h4-5,10-11,15-16,22H,6-9,12-13H2,1-3H3,(H2,20,21,23). The van der Waals surface area contributed by atoms with Crippen LogP contribution in [0.25, 0.3) is 0 Å². The van der Waals surface area contributed by atoms with Crippen LogP contribution in [0.4, 0.5) is 4.79 Å². The molecule has 24 heavy (non-hydrogen) atoms. The SMILES string of the molecule is CC(C)(C)c1ccc(OCCNC(=O)NC2CCC(O)CC2)cc1. The average molecular weight is 334 g/mol. The van der Waals surface area contributed by atoms with Crippen molar-refractivity contribution in [3.63, 3.8) is 0 Å². The third kappa shape index (κ3) is 6.04. The first kappa shape index (κ1) is 18.6. The monoisotopic (exact) mass is 334 g/mol. The highest BCUT2D eigenvalue weighted by atomic mass is 16.5. The number of amides is 2. The van der Waals surface area contributed by atoms with Gasteiger partial charge in [-0.2, -0.15) is 0 Å². The highest BCUT2D eigenvalue weighted by molar-refractivity contribution is 5.74. The number of benzene rings is 1. The highest BCUT2D eigenvalue weighted by Crippen LogP contribution is 2.24. The van der Waals surface area contributed by atoms with Gasteiger partial charge in [0, 0.05) is 6.04 Å². The number of nitrogens with one attached hydrogen (secondary N) is 2. The van der Waals surface area contributed by atoms with Crippen LogP contribution in [0.5, 0.6) is 5.75 Å². The van der Waals surface area contributed by atoms with Crippen LogP contribution in [0.15, 0.2) is 24.3 Å². The predicted octanol–water partition coefficient (Wildman–Crippen LogP) is 2.97. The molecule has 2 amide bonds. The molecule has 2 rings (SSSR count). The van der Waals surface area contributed by atoms with E-state index in [0.29, 0.717) is 13.2 Å². The Morgan fingerprint density at radius 1 is 1.17 bits per heavy atom. The Bertz CT molecular complexity index is 514. The van der Waals surface area contributed by atoms with Gasteiger partial charge in [-0.25, -0.2) is 4.79 Å². The third-order valence-electron chi connectivity index (χ3n) is 4.41. The summed E-state index contributed by atoms with van der Waals surface area (Å²) in [4.78, 5) is 11.8. The van der Waals surface area contributed by atoms with Crippen LogP contribution in [0.3, 0.4) is 0 Å². The van der Waals surface area contributed by atoms with Gasteiger partial charge in [-0.1, -0.05) is 32.9 Å². The summed E-state index contributed by atoms with van der Waals surface area (Å²) in [6, 6.07) is 8.09. The Labute approximate surface area is 144 Å². The van der Waals surface area contributed by atoms with Crippen molar-refractivity contribution >= 4 is 6.03 Å². The molecule has 0 atom stereocenters. The number of aliphatic hydroxyl groups is 1. The van der Waals surface area contributed by atoms with Crippen LogP contribution in [0, 0.1) is 0 Å². The van der Waals surface area contributed by atoms with Gasteiger partial charge >= 0.3 is 6.03 Å². The van der Waals surface area contributed by atoms with E-state index in [1.807, 2.05) is 12.1 Å². The minimum absolute atomic E-state index is 0.132. The molecule has 0 unspecified atom stereocenters. The molecule has 0 radical (unpaired) electrons. The lowest BCUT2D eigenvalue weighted by molar-refractivity contribution is 0.117. The summed E-state index contributed by atoms with van der Waals surface area (Å²) in [6.45, 7) is 7.43. The number of carbonyl (C=O) groups is 1. The van der Waals surface area contributed by atoms with Crippen molar-refractivity contribution in [2.75, 3.05) is 13.2 Å². The van der Waals surface area contributed by atoms with Crippen molar-refractivity contribution in [3.8, 4) is 5.75 Å². The lowest BCUT2D eigenvalue weighted by atomic mass is 9.87. The molecule has 134 valence electrons. The zero-order valence-electron chi connectivity index (χ0n) is 15.0. The predicted molar refractivity (Wildman–Crippen MR) is 95.4 cm³/mol. The molecule has 1 saturated carbocycles. The van der Waals surface area contributed by atoms with Crippen molar-refractivity contribution in [1.82, 2.24) is 10.6 Å². The second kappa shape index (κ2) is 8.38. The maximum absolute atomic E-state index is 11.8. The van der Waals surface area contributed by atoms with Gasteiger partial charge in [0.1, 0.15) is 12.4 Å². The number of aliphatic hydroxyl groups excluding tert-OH is 1. The maximum Gasteiger partial charge on any atom is 0.315 e. The molecule has 0 aliphatic heterocycles. The molecule has 1 aromatic carbocycles. The van der Waals surface area contributed by atoms with E-state index in [1.54, 1.807) is 0 Å². The summed E-state index contributed by atoms with van der Waals surface area (Å²) in [5.41, 5.74) is 1.40. The van der Waals surface area contributed by atoms with Gasteiger partial charge < -0.3 is 20.5 Å². The Morgan fingerprint density at radius 2 is 1.79 bits per heavy atom. The Hall–Kier alpha value is -1.75. The van der Waals surface area contributed by atoms with Crippen LogP contribution in [0.2, 0.25) is 0 Å². The van der Waals surface area contributed by atoms with Crippen molar-refractivity contribution in [1.29, 1.82) is 0 Å².